The first-order chi connectivity index (χ1) is 11.4. The second kappa shape index (κ2) is 6.16. The van der Waals surface area contributed by atoms with Crippen molar-refractivity contribution in [2.45, 2.75) is 32.4 Å². The zero-order chi connectivity index (χ0) is 17.3. The van der Waals surface area contributed by atoms with Crippen LogP contribution in [0.25, 0.3) is 0 Å². The summed E-state index contributed by atoms with van der Waals surface area (Å²) in [6.45, 7) is 6.25. The summed E-state index contributed by atoms with van der Waals surface area (Å²) in [6, 6.07) is 7.37. The van der Waals surface area contributed by atoms with Crippen LogP contribution in [-0.2, 0) is 13.0 Å². The highest BCUT2D eigenvalue weighted by Gasteiger charge is 2.39. The molecule has 1 aromatic carbocycles. The molecule has 7 heteroatoms. The molecule has 2 aromatic rings. The van der Waals surface area contributed by atoms with Crippen molar-refractivity contribution >= 4 is 11.8 Å². The van der Waals surface area contributed by atoms with Crippen molar-refractivity contribution < 1.29 is 9.84 Å². The van der Waals surface area contributed by atoms with Crippen molar-refractivity contribution in [3.63, 3.8) is 0 Å². The minimum atomic E-state index is -0.459. The number of benzene rings is 1. The normalized spacial score (nSPS) is 19.3. The van der Waals surface area contributed by atoms with Gasteiger partial charge in [-0.3, -0.25) is 4.90 Å². The first kappa shape index (κ1) is 16.3. The number of likely N-dealkylation sites (N-methyl/N-ethyl adjacent to an activating group) is 1. The van der Waals surface area contributed by atoms with Crippen LogP contribution in [0.5, 0.6) is 11.6 Å². The zero-order valence-corrected chi connectivity index (χ0v) is 14.0. The molecule has 1 unspecified atom stereocenters. The van der Waals surface area contributed by atoms with Gasteiger partial charge in [0.2, 0.25) is 11.8 Å². The summed E-state index contributed by atoms with van der Waals surface area (Å²) >= 11 is 0. The monoisotopic (exact) mass is 329 g/mol. The number of fused-ring (bicyclic) bond motifs is 1. The van der Waals surface area contributed by atoms with Crippen LogP contribution in [0, 0.1) is 0 Å². The second-order valence-electron chi connectivity index (χ2n) is 6.41. The minimum Gasteiger partial charge on any atom is -0.508 e. The molecule has 7 nitrogen and oxygen atoms in total. The van der Waals surface area contributed by atoms with Gasteiger partial charge in [0.15, 0.2) is 0 Å². The van der Waals surface area contributed by atoms with Gasteiger partial charge in [-0.25, -0.2) is 0 Å². The molecule has 128 valence electrons. The number of nitrogens with zero attached hydrogens (tertiary/aromatic N) is 3. The van der Waals surface area contributed by atoms with Crippen LogP contribution in [0.2, 0.25) is 0 Å². The molecule has 1 aliphatic heterocycles. The number of anilines is 2. The van der Waals surface area contributed by atoms with E-state index in [-0.39, 0.29) is 5.95 Å². The molecule has 1 atom stereocenters. The first-order valence-electron chi connectivity index (χ1n) is 8.00. The number of hydrogen-bond donors (Lipinski definition) is 3. The lowest BCUT2D eigenvalue weighted by molar-refractivity contribution is 0.0588. The maximum atomic E-state index is 9.98. The smallest absolute Gasteiger partial charge is 0.225 e. The van der Waals surface area contributed by atoms with Crippen molar-refractivity contribution in [3.8, 4) is 11.6 Å². The van der Waals surface area contributed by atoms with Crippen LogP contribution < -0.4 is 16.2 Å². The minimum absolute atomic E-state index is 0.122. The quantitative estimate of drug-likeness (QED) is 0.763. The van der Waals surface area contributed by atoms with E-state index in [0.717, 1.165) is 17.7 Å². The lowest BCUT2D eigenvalue weighted by atomic mass is 9.99. The fourth-order valence-electron chi connectivity index (χ4n) is 3.12. The average molecular weight is 329 g/mol. The van der Waals surface area contributed by atoms with Crippen LogP contribution in [0.1, 0.15) is 25.0 Å². The largest absolute Gasteiger partial charge is 0.508 e. The fourth-order valence-corrected chi connectivity index (χ4v) is 3.12. The average Bonchev–Trinajstić information content (AvgIpc) is 2.85. The van der Waals surface area contributed by atoms with Crippen LogP contribution in [-0.4, -0.2) is 38.7 Å². The Morgan fingerprint density at radius 2 is 2.04 bits per heavy atom. The van der Waals surface area contributed by atoms with E-state index >= 15 is 0 Å². The Hall–Kier alpha value is -2.54. The predicted octanol–water partition coefficient (Wildman–Crippen LogP) is 1.56. The van der Waals surface area contributed by atoms with Gasteiger partial charge in [-0.05, 0) is 19.5 Å². The SMILES string of the molecule is CCN(Cc1ccccc1O)CC1(C)Cc2c(N)nc(N)nc2O1. The summed E-state index contributed by atoms with van der Waals surface area (Å²) in [5.41, 5.74) is 12.8. The molecule has 0 radical (unpaired) electrons. The molecule has 0 saturated heterocycles. The number of nitrogen functional groups attached to an aromatic ring is 2. The third kappa shape index (κ3) is 3.21. The number of hydrogen-bond acceptors (Lipinski definition) is 7. The number of aromatic nitrogens is 2. The molecule has 3 rings (SSSR count). The van der Waals surface area contributed by atoms with Gasteiger partial charge in [-0.15, -0.1) is 0 Å². The Bertz CT molecular complexity index is 752. The van der Waals surface area contributed by atoms with Gasteiger partial charge in [-0.1, -0.05) is 25.1 Å². The number of ether oxygens (including phenoxy) is 1. The molecule has 5 N–H and O–H groups in total. The Balaban J connectivity index is 1.75. The van der Waals surface area contributed by atoms with Crippen LogP contribution in [0.3, 0.4) is 0 Å². The summed E-state index contributed by atoms with van der Waals surface area (Å²) < 4.78 is 6.04. The third-order valence-electron chi connectivity index (χ3n) is 4.30. The van der Waals surface area contributed by atoms with E-state index in [4.69, 9.17) is 16.2 Å². The highest BCUT2D eigenvalue weighted by Crippen LogP contribution is 2.37. The molecule has 0 aliphatic carbocycles. The highest BCUT2D eigenvalue weighted by atomic mass is 16.5. The van der Waals surface area contributed by atoms with E-state index in [1.54, 1.807) is 6.07 Å². The van der Waals surface area contributed by atoms with Crippen molar-refractivity contribution in [2.75, 3.05) is 24.6 Å². The van der Waals surface area contributed by atoms with Crippen molar-refractivity contribution in [2.24, 2.45) is 0 Å². The van der Waals surface area contributed by atoms with Crippen LogP contribution in [0.15, 0.2) is 24.3 Å². The molecular weight excluding hydrogens is 306 g/mol. The van der Waals surface area contributed by atoms with Gasteiger partial charge in [0.05, 0.1) is 5.56 Å². The number of phenolic OH excluding ortho intramolecular Hbond substituents is 1. The lowest BCUT2D eigenvalue weighted by Crippen LogP contribution is -2.44. The van der Waals surface area contributed by atoms with E-state index in [0.29, 0.717) is 37.0 Å². The molecule has 1 aliphatic rings. The highest BCUT2D eigenvalue weighted by molar-refractivity contribution is 5.52. The summed E-state index contributed by atoms with van der Waals surface area (Å²) in [5.74, 6) is 1.28. The summed E-state index contributed by atoms with van der Waals surface area (Å²) in [6.07, 6.45) is 0.631. The van der Waals surface area contributed by atoms with E-state index in [2.05, 4.69) is 21.8 Å². The number of phenols is 1. The zero-order valence-electron chi connectivity index (χ0n) is 14.0. The van der Waals surface area contributed by atoms with Gasteiger partial charge < -0.3 is 21.3 Å². The maximum Gasteiger partial charge on any atom is 0.225 e. The van der Waals surface area contributed by atoms with E-state index in [1.807, 2.05) is 25.1 Å². The Morgan fingerprint density at radius 1 is 1.29 bits per heavy atom. The first-order valence-corrected chi connectivity index (χ1v) is 8.00. The molecule has 0 bridgehead atoms. The van der Waals surface area contributed by atoms with Crippen molar-refractivity contribution in [3.05, 3.63) is 35.4 Å². The van der Waals surface area contributed by atoms with Gasteiger partial charge in [0, 0.05) is 25.1 Å². The van der Waals surface area contributed by atoms with Crippen molar-refractivity contribution in [1.29, 1.82) is 0 Å². The standard InChI is InChI=1S/C17H23N5O2/c1-3-22(9-11-6-4-5-7-13(11)23)10-17(2)8-12-14(18)20-16(19)21-15(12)24-17/h4-7,23H,3,8-10H2,1-2H3,(H4,18,19,20,21). The van der Waals surface area contributed by atoms with E-state index in [1.165, 1.54) is 0 Å². The van der Waals surface area contributed by atoms with Crippen LogP contribution in [0.4, 0.5) is 11.8 Å². The van der Waals surface area contributed by atoms with Gasteiger partial charge in [-0.2, -0.15) is 9.97 Å². The molecular formula is C17H23N5O2. The fraction of sp³-hybridized carbons (Fsp3) is 0.412. The number of nitrogens with two attached hydrogens (primary N) is 2. The molecule has 2 heterocycles. The molecule has 0 amide bonds. The van der Waals surface area contributed by atoms with Gasteiger partial charge >= 0.3 is 0 Å². The number of aromatic hydroxyl groups is 1. The summed E-state index contributed by atoms with van der Waals surface area (Å²) in [7, 11) is 0. The lowest BCUT2D eigenvalue weighted by Gasteiger charge is -2.31. The molecule has 24 heavy (non-hydrogen) atoms. The van der Waals surface area contributed by atoms with Gasteiger partial charge in [0.25, 0.3) is 0 Å². The number of para-hydroxylation sites is 1. The summed E-state index contributed by atoms with van der Waals surface area (Å²) in [5, 5.41) is 9.98. The topological polar surface area (TPSA) is 111 Å². The van der Waals surface area contributed by atoms with Crippen LogP contribution >= 0.6 is 0 Å². The van der Waals surface area contributed by atoms with E-state index in [9.17, 15) is 5.11 Å². The maximum absolute atomic E-state index is 9.98. The van der Waals surface area contributed by atoms with E-state index < -0.39 is 5.60 Å². The van der Waals surface area contributed by atoms with Crippen molar-refractivity contribution in [1.82, 2.24) is 14.9 Å². The molecule has 0 spiro atoms. The predicted molar refractivity (Wildman–Crippen MR) is 92.7 cm³/mol. The Morgan fingerprint density at radius 3 is 2.75 bits per heavy atom. The second-order valence-corrected chi connectivity index (χ2v) is 6.41. The Kier molecular flexibility index (Phi) is 4.19. The molecule has 1 aromatic heterocycles. The molecule has 0 saturated carbocycles. The summed E-state index contributed by atoms with van der Waals surface area (Å²) in [4.78, 5) is 10.4. The van der Waals surface area contributed by atoms with Gasteiger partial charge in [0.1, 0.15) is 17.2 Å². The third-order valence-corrected chi connectivity index (χ3v) is 4.30. The Labute approximate surface area is 141 Å². The number of rotatable bonds is 5. The molecule has 0 fully saturated rings.